The number of rotatable bonds is 5. The molecule has 18 heavy (non-hydrogen) atoms. The van der Waals surface area contributed by atoms with Gasteiger partial charge in [-0.3, -0.25) is 0 Å². The Hall–Kier alpha value is -0.946. The van der Waals surface area contributed by atoms with Crippen molar-refractivity contribution in [2.75, 3.05) is 13.7 Å². The van der Waals surface area contributed by atoms with Crippen molar-refractivity contribution in [1.29, 1.82) is 0 Å². The molecule has 0 aliphatic rings. The molecule has 0 amide bonds. The van der Waals surface area contributed by atoms with E-state index in [1.807, 2.05) is 6.92 Å². The van der Waals surface area contributed by atoms with Crippen LogP contribution in [0.1, 0.15) is 20.8 Å². The third-order valence-corrected chi connectivity index (χ3v) is 1.88. The van der Waals surface area contributed by atoms with Crippen molar-refractivity contribution in [3.63, 3.8) is 0 Å². The molecule has 0 aromatic heterocycles. The molecular weight excluding hydrogens is 276 g/mol. The normalized spacial score (nSPS) is 7.56. The number of carboxylic acid groups (broad SMARTS) is 2. The second-order valence-electron chi connectivity index (χ2n) is 2.86. The van der Waals surface area contributed by atoms with Crippen LogP contribution in [0.2, 0.25) is 0 Å². The number of carbonyl (C=O) groups is 2. The number of carbonyl (C=O) groups excluding carboxylic acids is 2. The first-order valence-corrected chi connectivity index (χ1v) is 6.11. The summed E-state index contributed by atoms with van der Waals surface area (Å²) >= 11 is -0.479. The Bertz CT molecular complexity index is 223. The van der Waals surface area contributed by atoms with Crippen LogP contribution in [0.5, 0.6) is 0 Å². The van der Waals surface area contributed by atoms with E-state index in [1.54, 1.807) is 7.11 Å². The average Bonchev–Trinajstić information content (AvgIpc) is 2.27. The van der Waals surface area contributed by atoms with Crippen LogP contribution in [-0.2, 0) is 36.2 Å². The van der Waals surface area contributed by atoms with Gasteiger partial charge < -0.3 is 19.8 Å². The van der Waals surface area contributed by atoms with E-state index in [9.17, 15) is 19.8 Å². The summed E-state index contributed by atoms with van der Waals surface area (Å²) in [7, 11) is 1.66. The molecule has 7 heteroatoms. The first-order chi connectivity index (χ1) is 8.20. The van der Waals surface area contributed by atoms with Gasteiger partial charge in [0.25, 0.3) is 0 Å². The summed E-state index contributed by atoms with van der Waals surface area (Å²) < 4.78 is 9.57. The predicted octanol–water partition coefficient (Wildman–Crippen LogP) is -0.793. The molecular formula is C11H18O6Ti. The molecule has 0 radical (unpaired) electrons. The zero-order valence-corrected chi connectivity index (χ0v) is 12.6. The van der Waals surface area contributed by atoms with Crippen LogP contribution in [0.25, 0.3) is 0 Å². The van der Waals surface area contributed by atoms with Crippen molar-refractivity contribution < 1.29 is 46.4 Å². The van der Waals surface area contributed by atoms with Gasteiger partial charge in [0.2, 0.25) is 0 Å². The number of hydrogen-bond donors (Lipinski definition) is 0. The second-order valence-corrected chi connectivity index (χ2v) is 4.20. The zero-order valence-electron chi connectivity index (χ0n) is 11.1. The van der Waals surface area contributed by atoms with Gasteiger partial charge in [0.05, 0.1) is 11.9 Å². The maximum atomic E-state index is 9.49. The van der Waals surface area contributed by atoms with E-state index in [-0.39, 0.29) is 11.1 Å². The number of carboxylic acids is 2. The summed E-state index contributed by atoms with van der Waals surface area (Å²) in [6, 6.07) is 0. The fraction of sp³-hybridized carbons (Fsp3) is 0.455. The minimum atomic E-state index is -1.19. The summed E-state index contributed by atoms with van der Waals surface area (Å²) in [6.45, 7) is 11.7. The van der Waals surface area contributed by atoms with Crippen LogP contribution in [0.15, 0.2) is 24.3 Å². The zero-order chi connectivity index (χ0) is 15.1. The van der Waals surface area contributed by atoms with Crippen molar-refractivity contribution in [2.45, 2.75) is 20.8 Å². The maximum absolute atomic E-state index is 9.49. The summed E-state index contributed by atoms with van der Waals surface area (Å²) in [6.07, 6.45) is 0. The first kappa shape index (κ1) is 22.3. The van der Waals surface area contributed by atoms with E-state index in [1.165, 1.54) is 13.8 Å². The first-order valence-electron chi connectivity index (χ1n) is 4.84. The van der Waals surface area contributed by atoms with Gasteiger partial charge in [-0.25, -0.2) is 0 Å². The van der Waals surface area contributed by atoms with E-state index in [2.05, 4.69) is 16.5 Å². The molecule has 6 nitrogen and oxygen atoms in total. The van der Waals surface area contributed by atoms with Crippen molar-refractivity contribution in [3.8, 4) is 0 Å². The fourth-order valence-corrected chi connectivity index (χ4v) is 0.486. The minimum absolute atomic E-state index is 0.0648. The van der Waals surface area contributed by atoms with Crippen molar-refractivity contribution in [1.82, 2.24) is 0 Å². The van der Waals surface area contributed by atoms with Crippen molar-refractivity contribution in [3.05, 3.63) is 24.3 Å². The van der Waals surface area contributed by atoms with E-state index >= 15 is 0 Å². The average molecular weight is 294 g/mol. The predicted molar refractivity (Wildman–Crippen MR) is 58.3 cm³/mol. The Morgan fingerprint density at radius 3 is 1.44 bits per heavy atom. The Labute approximate surface area is 117 Å². The molecule has 0 atom stereocenters. The van der Waals surface area contributed by atoms with Crippen LogP contribution in [0.4, 0.5) is 0 Å². The van der Waals surface area contributed by atoms with Crippen LogP contribution >= 0.6 is 0 Å². The van der Waals surface area contributed by atoms with E-state index < -0.39 is 31.9 Å². The van der Waals surface area contributed by atoms with E-state index in [0.29, 0.717) is 0 Å². The molecule has 0 aromatic rings. The molecule has 0 fully saturated rings. The van der Waals surface area contributed by atoms with E-state index in [4.69, 9.17) is 3.32 Å². The number of hydrogen-bond acceptors (Lipinski definition) is 6. The van der Waals surface area contributed by atoms with Crippen LogP contribution < -0.4 is 10.2 Å². The second kappa shape index (κ2) is 16.1. The molecule has 0 spiro atoms. The Morgan fingerprint density at radius 2 is 1.39 bits per heavy atom. The molecule has 0 aliphatic carbocycles. The van der Waals surface area contributed by atoms with Gasteiger partial charge in [0.15, 0.2) is 0 Å². The molecule has 0 rings (SSSR count). The SMILES string of the molecule is C=C(C)C(=O)[O-].C=C(C)C(=O)[O-].CC[O][Ti+2][O]C. The Kier molecular flexibility index (Phi) is 19.8. The van der Waals surface area contributed by atoms with Gasteiger partial charge in [-0.05, 0) is 25.0 Å². The van der Waals surface area contributed by atoms with Crippen molar-refractivity contribution >= 4 is 11.9 Å². The molecule has 0 saturated heterocycles. The van der Waals surface area contributed by atoms with E-state index in [0.717, 1.165) is 6.61 Å². The van der Waals surface area contributed by atoms with Crippen LogP contribution in [0.3, 0.4) is 0 Å². The molecule has 0 aromatic carbocycles. The third kappa shape index (κ3) is 29.4. The molecule has 0 aliphatic heterocycles. The fourth-order valence-electron chi connectivity index (χ4n) is 0.118. The van der Waals surface area contributed by atoms with Gasteiger partial charge in [-0.1, -0.05) is 13.2 Å². The summed E-state index contributed by atoms with van der Waals surface area (Å²) in [5, 5.41) is 19.0. The van der Waals surface area contributed by atoms with Gasteiger partial charge in [-0.2, -0.15) is 0 Å². The molecule has 0 saturated carbocycles. The van der Waals surface area contributed by atoms with Gasteiger partial charge in [-0.15, -0.1) is 0 Å². The topological polar surface area (TPSA) is 98.7 Å². The van der Waals surface area contributed by atoms with Gasteiger partial charge in [0, 0.05) is 0 Å². The molecule has 102 valence electrons. The third-order valence-electron chi connectivity index (χ3n) is 0.984. The van der Waals surface area contributed by atoms with Crippen LogP contribution in [-0.4, -0.2) is 25.7 Å². The molecule has 0 unspecified atom stereocenters. The van der Waals surface area contributed by atoms with Gasteiger partial charge >= 0.3 is 47.2 Å². The summed E-state index contributed by atoms with van der Waals surface area (Å²) in [4.78, 5) is 19.0. The molecule has 0 N–H and O–H groups in total. The summed E-state index contributed by atoms with van der Waals surface area (Å²) in [5.74, 6) is -2.37. The summed E-state index contributed by atoms with van der Waals surface area (Å²) in [5.41, 5.74) is 0.130. The van der Waals surface area contributed by atoms with Gasteiger partial charge in [0.1, 0.15) is 0 Å². The monoisotopic (exact) mass is 294 g/mol. The Morgan fingerprint density at radius 1 is 1.11 bits per heavy atom. The standard InChI is InChI=1S/2C4H6O2.C2H5O.CH3O.Ti/c2*1-3(2)4(5)6;1-2-3;1-2;/h2*1H2,2H3,(H,5,6);2H2,1H3;1H3;/q;;2*-1;+4/p-2. The number of aliphatic carboxylic acids is 2. The quantitative estimate of drug-likeness (QED) is 0.374. The van der Waals surface area contributed by atoms with Crippen molar-refractivity contribution in [2.24, 2.45) is 0 Å². The Balaban J connectivity index is -0.000000187. The molecule has 0 bridgehead atoms. The van der Waals surface area contributed by atoms with Crippen LogP contribution in [0, 0.1) is 0 Å². The molecule has 0 heterocycles.